The van der Waals surface area contributed by atoms with E-state index in [4.69, 9.17) is 4.74 Å². The summed E-state index contributed by atoms with van der Waals surface area (Å²) in [6, 6.07) is -0.698. The average molecular weight is 492 g/mol. The predicted octanol–water partition coefficient (Wildman–Crippen LogP) is 4.31. The van der Waals surface area contributed by atoms with Crippen LogP contribution >= 0.6 is 0 Å². The Bertz CT molecular complexity index is 742. The molecule has 0 aromatic rings. The largest absolute Gasteiger partial charge is 0.463 e. The van der Waals surface area contributed by atoms with Gasteiger partial charge in [-0.2, -0.15) is 0 Å². The molecule has 200 valence electrons. The number of likely N-dealkylation sites (tertiary alicyclic amines) is 1. The predicted molar refractivity (Wildman–Crippen MR) is 140 cm³/mol. The van der Waals surface area contributed by atoms with Gasteiger partial charge < -0.3 is 15.0 Å². The molecule has 1 N–H and O–H groups in total. The van der Waals surface area contributed by atoms with Crippen LogP contribution in [0.4, 0.5) is 0 Å². The molecule has 0 unspecified atom stereocenters. The Morgan fingerprint density at radius 1 is 1.03 bits per heavy atom. The maximum absolute atomic E-state index is 14.0. The molecule has 2 amide bonds. The first kappa shape index (κ1) is 29.3. The highest BCUT2D eigenvalue weighted by atomic mass is 16.5. The molecule has 1 saturated heterocycles. The van der Waals surface area contributed by atoms with Crippen LogP contribution in [0.15, 0.2) is 11.6 Å². The molecule has 1 heterocycles. The number of hydrogen-bond donors (Lipinski definition) is 1. The highest BCUT2D eigenvalue weighted by Gasteiger charge is 2.38. The van der Waals surface area contributed by atoms with E-state index in [-0.39, 0.29) is 41.7 Å². The Kier molecular flexibility index (Phi) is 11.7. The van der Waals surface area contributed by atoms with E-state index >= 15 is 0 Å². The van der Waals surface area contributed by atoms with Crippen molar-refractivity contribution in [1.29, 1.82) is 0 Å². The number of carbonyl (C=O) groups excluding carboxylic acids is 3. The topological polar surface area (TPSA) is 79.0 Å². The van der Waals surface area contributed by atoms with Gasteiger partial charge >= 0.3 is 5.97 Å². The smallest absolute Gasteiger partial charge is 0.333 e. The molecule has 0 radical (unpaired) electrons. The van der Waals surface area contributed by atoms with E-state index in [1.807, 2.05) is 19.9 Å². The van der Waals surface area contributed by atoms with E-state index in [1.165, 1.54) is 6.42 Å². The Morgan fingerprint density at radius 3 is 2.23 bits per heavy atom. The molecule has 2 aliphatic rings. The van der Waals surface area contributed by atoms with Gasteiger partial charge in [0.25, 0.3) is 0 Å². The Hall–Kier alpha value is -1.89. The molecule has 0 aromatic carbocycles. The third kappa shape index (κ3) is 8.06. The van der Waals surface area contributed by atoms with Crippen LogP contribution in [-0.4, -0.2) is 72.0 Å². The molecule has 0 bridgehead atoms. The lowest BCUT2D eigenvalue weighted by atomic mass is 9.82. The lowest BCUT2D eigenvalue weighted by Gasteiger charge is -2.40. The normalized spacial score (nSPS) is 22.1. The van der Waals surface area contributed by atoms with Gasteiger partial charge in [0.15, 0.2) is 0 Å². The summed E-state index contributed by atoms with van der Waals surface area (Å²) in [5.74, 6) is -0.200. The lowest BCUT2D eigenvalue weighted by molar-refractivity contribution is -0.141. The van der Waals surface area contributed by atoms with Crippen molar-refractivity contribution < 1.29 is 19.1 Å². The highest BCUT2D eigenvalue weighted by molar-refractivity contribution is 5.91. The van der Waals surface area contributed by atoms with Crippen LogP contribution in [0.3, 0.4) is 0 Å². The molecule has 0 spiro atoms. The van der Waals surface area contributed by atoms with Gasteiger partial charge in [-0.3, -0.25) is 14.5 Å². The zero-order chi connectivity index (χ0) is 26.1. The second kappa shape index (κ2) is 14.0. The van der Waals surface area contributed by atoms with Crippen molar-refractivity contribution in [3.63, 3.8) is 0 Å². The number of rotatable bonds is 10. The molecule has 7 heteroatoms. The minimum atomic E-state index is -0.540. The molecule has 1 aliphatic heterocycles. The minimum Gasteiger partial charge on any atom is -0.463 e. The van der Waals surface area contributed by atoms with Crippen molar-refractivity contribution in [3.05, 3.63) is 11.6 Å². The van der Waals surface area contributed by atoms with Crippen molar-refractivity contribution in [2.24, 2.45) is 11.8 Å². The first-order chi connectivity index (χ1) is 16.6. The summed E-state index contributed by atoms with van der Waals surface area (Å²) >= 11 is 0. The second-order valence-corrected chi connectivity index (χ2v) is 11.0. The number of nitrogens with zero attached hydrogens (tertiary/aromatic N) is 2. The number of piperidine rings is 1. The van der Waals surface area contributed by atoms with Crippen LogP contribution in [0.1, 0.15) is 92.9 Å². The van der Waals surface area contributed by atoms with E-state index in [0.29, 0.717) is 18.2 Å². The fourth-order valence-corrected chi connectivity index (χ4v) is 5.64. The third-order valence-corrected chi connectivity index (χ3v) is 7.69. The number of carbonyl (C=O) groups is 3. The number of ether oxygens (including phenoxy) is 1. The molecule has 7 nitrogen and oxygen atoms in total. The van der Waals surface area contributed by atoms with Gasteiger partial charge in [-0.1, -0.05) is 45.6 Å². The summed E-state index contributed by atoms with van der Waals surface area (Å²) < 4.78 is 5.14. The molecule has 2 rings (SSSR count). The Balaban J connectivity index is 2.28. The van der Waals surface area contributed by atoms with E-state index < -0.39 is 6.04 Å². The van der Waals surface area contributed by atoms with E-state index in [1.54, 1.807) is 25.8 Å². The van der Waals surface area contributed by atoms with Crippen molar-refractivity contribution in [3.8, 4) is 0 Å². The maximum Gasteiger partial charge on any atom is 0.333 e. The standard InChI is InChI=1S/C28H49N3O4/c1-8-35-28(34)21(6)18-24(19(2)3)30(7)27(33)25(22-14-10-9-11-15-22)29-26(32)23-16-12-13-17-31(23)20(4)5/h18-20,22-25H,8-17H2,1-7H3,(H,29,32)/t23-,24-,25-/m1/s1. The molecule has 35 heavy (non-hydrogen) atoms. The number of hydrogen-bond acceptors (Lipinski definition) is 5. The van der Waals surface area contributed by atoms with Crippen LogP contribution in [0.25, 0.3) is 0 Å². The van der Waals surface area contributed by atoms with Gasteiger partial charge in [-0.15, -0.1) is 0 Å². The lowest BCUT2D eigenvalue weighted by Crippen LogP contribution is -2.59. The van der Waals surface area contributed by atoms with Gasteiger partial charge in [0.1, 0.15) is 6.04 Å². The molecule has 1 saturated carbocycles. The van der Waals surface area contributed by atoms with Crippen LogP contribution < -0.4 is 5.32 Å². The summed E-state index contributed by atoms with van der Waals surface area (Å²) in [5.41, 5.74) is 0.498. The fourth-order valence-electron chi connectivity index (χ4n) is 5.64. The minimum absolute atomic E-state index is 0.0185. The van der Waals surface area contributed by atoms with Gasteiger partial charge in [0.05, 0.1) is 18.7 Å². The molecule has 0 aromatic heterocycles. The summed E-state index contributed by atoms with van der Waals surface area (Å²) in [5, 5.41) is 3.23. The Morgan fingerprint density at radius 2 is 1.66 bits per heavy atom. The maximum atomic E-state index is 14.0. The number of likely N-dealkylation sites (N-methyl/N-ethyl adjacent to an activating group) is 1. The average Bonchev–Trinajstić information content (AvgIpc) is 2.85. The molecule has 3 atom stereocenters. The van der Waals surface area contributed by atoms with Crippen molar-refractivity contribution >= 4 is 17.8 Å². The Labute approximate surface area is 213 Å². The fraction of sp³-hybridized carbons (Fsp3) is 0.821. The summed E-state index contributed by atoms with van der Waals surface area (Å²) in [4.78, 5) is 43.7. The quantitative estimate of drug-likeness (QED) is 0.364. The van der Waals surface area contributed by atoms with Gasteiger partial charge in [0, 0.05) is 18.7 Å². The van der Waals surface area contributed by atoms with E-state index in [0.717, 1.165) is 51.5 Å². The number of nitrogens with one attached hydrogen (secondary N) is 1. The van der Waals surface area contributed by atoms with Crippen LogP contribution in [-0.2, 0) is 19.1 Å². The van der Waals surface area contributed by atoms with E-state index in [9.17, 15) is 14.4 Å². The summed E-state index contributed by atoms with van der Waals surface area (Å²) in [6.45, 7) is 13.1. The monoisotopic (exact) mass is 491 g/mol. The van der Waals surface area contributed by atoms with Crippen molar-refractivity contribution in [2.45, 2.75) is 117 Å². The first-order valence-electron chi connectivity index (χ1n) is 13.8. The first-order valence-corrected chi connectivity index (χ1v) is 13.8. The number of amides is 2. The van der Waals surface area contributed by atoms with Gasteiger partial charge in [-0.25, -0.2) is 4.79 Å². The van der Waals surface area contributed by atoms with E-state index in [2.05, 4.69) is 24.1 Å². The number of esters is 1. The highest BCUT2D eigenvalue weighted by Crippen LogP contribution is 2.29. The van der Waals surface area contributed by atoms with Crippen LogP contribution in [0, 0.1) is 11.8 Å². The molecular weight excluding hydrogens is 442 g/mol. The van der Waals surface area contributed by atoms with Gasteiger partial charge in [0.2, 0.25) is 11.8 Å². The third-order valence-electron chi connectivity index (χ3n) is 7.69. The van der Waals surface area contributed by atoms with Crippen LogP contribution in [0.2, 0.25) is 0 Å². The molecule has 2 fully saturated rings. The molecular formula is C28H49N3O4. The second-order valence-electron chi connectivity index (χ2n) is 11.0. The van der Waals surface area contributed by atoms with Crippen LogP contribution in [0.5, 0.6) is 0 Å². The SMILES string of the molecule is CCOC(=O)C(C)=C[C@H](C(C)C)N(C)C(=O)[C@H](NC(=O)[C@H]1CCCCN1C(C)C)C1CCCCC1. The van der Waals surface area contributed by atoms with Crippen molar-refractivity contribution in [1.82, 2.24) is 15.1 Å². The zero-order valence-electron chi connectivity index (χ0n) is 23.1. The summed E-state index contributed by atoms with van der Waals surface area (Å²) in [7, 11) is 1.80. The molecule has 1 aliphatic carbocycles. The van der Waals surface area contributed by atoms with Crippen molar-refractivity contribution in [2.75, 3.05) is 20.2 Å². The van der Waals surface area contributed by atoms with Gasteiger partial charge in [-0.05, 0) is 71.8 Å². The zero-order valence-corrected chi connectivity index (χ0v) is 23.1. The summed E-state index contributed by atoms with van der Waals surface area (Å²) in [6.07, 6.45) is 10.1.